The van der Waals surface area contributed by atoms with Crippen LogP contribution < -0.4 is 5.46 Å². The molecule has 3 aromatic heterocycles. The zero-order chi connectivity index (χ0) is 65.6. The van der Waals surface area contributed by atoms with Crippen molar-refractivity contribution >= 4 is 98.8 Å². The Morgan fingerprint density at radius 1 is 0.489 bits per heavy atom. The van der Waals surface area contributed by atoms with Crippen LogP contribution >= 0.6 is 55.1 Å². The van der Waals surface area contributed by atoms with Gasteiger partial charge in [-0.2, -0.15) is 0 Å². The zero-order valence-electron chi connectivity index (χ0n) is 51.9. The molecule has 0 spiro atoms. The van der Waals surface area contributed by atoms with Gasteiger partial charge in [0.05, 0.1) is 60.5 Å². The molecule has 0 saturated carbocycles. The summed E-state index contributed by atoms with van der Waals surface area (Å²) in [5, 5.41) is 13.0. The minimum atomic E-state index is -0.610. The van der Waals surface area contributed by atoms with E-state index < -0.39 is 24.3 Å². The molecule has 2 aliphatic heterocycles. The summed E-state index contributed by atoms with van der Waals surface area (Å²) in [4.78, 5) is 48.7. The Bertz CT molecular complexity index is 3860. The first-order valence-electron chi connectivity index (χ1n) is 28.6. The summed E-state index contributed by atoms with van der Waals surface area (Å²) in [5.74, 6) is 0.871. The van der Waals surface area contributed by atoms with Crippen molar-refractivity contribution in [3.63, 3.8) is 0 Å². The number of halogens is 4. The molecule has 11 rings (SSSR count). The predicted octanol–water partition coefficient (Wildman–Crippen LogP) is 16.3. The number of hydrogen-bond acceptors (Lipinski definition) is 16. The third-order valence-electron chi connectivity index (χ3n) is 15.2. The fraction of sp³-hybridized carbons (Fsp3) is 0.279. The highest BCUT2D eigenvalue weighted by Crippen LogP contribution is 2.38. The quantitative estimate of drug-likeness (QED) is 0.0598. The Morgan fingerprint density at radius 3 is 1.36 bits per heavy atom. The molecule has 2 aliphatic rings. The maximum absolute atomic E-state index is 12.9. The van der Waals surface area contributed by atoms with E-state index in [4.69, 9.17) is 64.9 Å². The minimum absolute atomic E-state index is 0.0101. The topological polar surface area (TPSA) is 202 Å². The lowest BCUT2D eigenvalue weighted by atomic mass is 9.77. The van der Waals surface area contributed by atoms with E-state index in [0.717, 1.165) is 43.6 Å². The van der Waals surface area contributed by atoms with Crippen LogP contribution in [-0.4, -0.2) is 76.2 Å². The molecule has 0 N–H and O–H groups in total. The lowest BCUT2D eigenvalue weighted by Gasteiger charge is -2.32. The van der Waals surface area contributed by atoms with Crippen molar-refractivity contribution in [1.82, 2.24) is 15.5 Å². The maximum Gasteiger partial charge on any atom is 0.500 e. The summed E-state index contributed by atoms with van der Waals surface area (Å²) in [6.45, 7) is 23.5. The summed E-state index contributed by atoms with van der Waals surface area (Å²) in [7, 11) is 0.807. The van der Waals surface area contributed by atoms with Crippen LogP contribution in [0.2, 0.25) is 10.0 Å². The highest BCUT2D eigenvalue weighted by atomic mass is 79.9. The smallest absolute Gasteiger partial charge is 0.454 e. The Balaban J connectivity index is 0.000000165. The van der Waals surface area contributed by atoms with Gasteiger partial charge in [-0.05, 0) is 183 Å². The second-order valence-electron chi connectivity index (χ2n) is 22.6. The second-order valence-corrected chi connectivity index (χ2v) is 25.1. The summed E-state index contributed by atoms with van der Waals surface area (Å²) >= 11 is 18.3. The van der Waals surface area contributed by atoms with Crippen LogP contribution in [-0.2, 0) is 47.7 Å². The molecule has 16 nitrogen and oxygen atoms in total. The number of ketones is 2. The average Bonchev–Trinajstić information content (AvgIpc) is 1.72. The van der Waals surface area contributed by atoms with Gasteiger partial charge in [-0.15, -0.1) is 0 Å². The van der Waals surface area contributed by atoms with E-state index in [1.165, 1.54) is 7.69 Å². The molecule has 0 aliphatic carbocycles. The first-order chi connectivity index (χ1) is 42.6. The molecule has 0 atom stereocenters. The van der Waals surface area contributed by atoms with E-state index in [1.54, 1.807) is 110 Å². The number of aryl methyl sites for hydroxylation is 4. The summed E-state index contributed by atoms with van der Waals surface area (Å²) in [6.07, 6.45) is 0.722. The van der Waals surface area contributed by atoms with Gasteiger partial charge < -0.3 is 41.7 Å². The molecule has 1 radical (unpaired) electrons. The van der Waals surface area contributed by atoms with Gasteiger partial charge in [-0.3, -0.25) is 9.59 Å². The van der Waals surface area contributed by atoms with Crippen molar-refractivity contribution in [2.75, 3.05) is 0 Å². The molecule has 90 heavy (non-hydrogen) atoms. The first-order valence-corrected chi connectivity index (χ1v) is 30.9. The molecule has 467 valence electrons. The Hall–Kier alpha value is -7.26. The molecule has 0 unspecified atom stereocenters. The van der Waals surface area contributed by atoms with Crippen LogP contribution in [0.4, 0.5) is 0 Å². The molecule has 9 aromatic rings. The molecule has 22 heteroatoms. The number of aromatic nitrogens is 3. The Kier molecular flexibility index (Phi) is 24.3. The molecule has 5 heterocycles. The van der Waals surface area contributed by atoms with Gasteiger partial charge in [0.2, 0.25) is 0 Å². The lowest BCUT2D eigenvalue weighted by Crippen LogP contribution is -2.41. The van der Waals surface area contributed by atoms with Crippen molar-refractivity contribution in [1.29, 1.82) is 0 Å². The highest BCUT2D eigenvalue weighted by molar-refractivity contribution is 9.10. The van der Waals surface area contributed by atoms with E-state index in [0.29, 0.717) is 66.1 Å². The van der Waals surface area contributed by atoms with Gasteiger partial charge in [0.25, 0.3) is 0 Å². The molecule has 0 amide bonds. The summed E-state index contributed by atoms with van der Waals surface area (Å²) in [6, 6.07) is 46.3. The highest BCUT2D eigenvalue weighted by Gasteiger charge is 2.53. The van der Waals surface area contributed by atoms with Gasteiger partial charge in [-0.25, -0.2) is 9.59 Å². The summed E-state index contributed by atoms with van der Waals surface area (Å²) in [5.41, 5.74) is 6.83. The molecule has 2 saturated heterocycles. The zero-order valence-corrected chi connectivity index (χ0v) is 56.6. The van der Waals surface area contributed by atoms with Gasteiger partial charge in [-0.1, -0.05) is 134 Å². The van der Waals surface area contributed by atoms with E-state index in [1.807, 2.05) is 131 Å². The number of ether oxygens (including phenoxy) is 2. The summed E-state index contributed by atoms with van der Waals surface area (Å²) < 4.78 is 50.2. The Morgan fingerprint density at radius 2 is 0.900 bits per heavy atom. The number of hydrogen-bond donors (Lipinski definition) is 0. The molecular formula is C68H68B2Br2Cl2N3O13. The number of rotatable bonds is 13. The van der Waals surface area contributed by atoms with E-state index in [2.05, 4.69) is 47.3 Å². The second kappa shape index (κ2) is 31.2. The molecular weight excluding hydrogens is 1320 g/mol. The Labute approximate surface area is 552 Å². The third-order valence-corrected chi connectivity index (χ3v) is 17.4. The third kappa shape index (κ3) is 17.8. The van der Waals surface area contributed by atoms with Gasteiger partial charge in [0, 0.05) is 48.8 Å². The number of nitrogens with zero attached hydrogens (tertiary/aromatic N) is 3. The van der Waals surface area contributed by atoms with E-state index in [-0.39, 0.29) is 42.0 Å². The lowest BCUT2D eigenvalue weighted by molar-refractivity contribution is 0.00578. The molecule has 2 fully saturated rings. The van der Waals surface area contributed by atoms with Crippen LogP contribution in [0.15, 0.2) is 180 Å². The van der Waals surface area contributed by atoms with Crippen LogP contribution in [0.1, 0.15) is 149 Å². The molecule has 0 bridgehead atoms. The maximum atomic E-state index is 12.9. The number of carbonyl (C=O) groups is 4. The van der Waals surface area contributed by atoms with E-state index >= 15 is 0 Å². The van der Waals surface area contributed by atoms with E-state index in [9.17, 15) is 19.2 Å². The fourth-order valence-electron chi connectivity index (χ4n) is 8.47. The monoisotopic (exact) mass is 1380 g/mol. The van der Waals surface area contributed by atoms with Gasteiger partial charge >= 0.3 is 26.7 Å². The van der Waals surface area contributed by atoms with Crippen LogP contribution in [0, 0.1) is 20.8 Å². The number of benzene rings is 6. The largest absolute Gasteiger partial charge is 0.500 e. The molecule has 6 aromatic carbocycles. The normalized spacial score (nSPS) is 14.6. The van der Waals surface area contributed by atoms with Crippen molar-refractivity contribution in [3.05, 3.63) is 244 Å². The van der Waals surface area contributed by atoms with Crippen LogP contribution in [0.25, 0.3) is 11.1 Å². The van der Waals surface area contributed by atoms with Crippen LogP contribution in [0.5, 0.6) is 0 Å². The van der Waals surface area contributed by atoms with Crippen LogP contribution in [0.3, 0.4) is 0 Å². The van der Waals surface area contributed by atoms with Crippen molar-refractivity contribution in [2.24, 2.45) is 0 Å². The van der Waals surface area contributed by atoms with Crippen molar-refractivity contribution in [3.8, 4) is 11.1 Å². The van der Waals surface area contributed by atoms with Crippen molar-refractivity contribution < 1.29 is 60.8 Å². The van der Waals surface area contributed by atoms with Gasteiger partial charge in [0.1, 0.15) is 5.76 Å². The predicted molar refractivity (Wildman–Crippen MR) is 353 cm³/mol. The number of carbonyl (C=O) groups excluding carboxylic acids is 4. The minimum Gasteiger partial charge on any atom is -0.454 e. The van der Waals surface area contributed by atoms with Gasteiger partial charge in [0.15, 0.2) is 36.3 Å². The van der Waals surface area contributed by atoms with Crippen molar-refractivity contribution in [2.45, 2.75) is 125 Å². The SMILES string of the molecule is CC1(C)O[B]OC1(C)C.CCc1onc(C)c1-c1ccccc1C(=O)c1ccc(Cl)cc1.Cc1noc(COC(=O)c2ccccc2)c1B1OC(C)(C)C(C)(C)O1.Cc1noc(COC(=O)c2ccccc2)c1Br.O=C(c1ccc(Cl)cc1)c1ccccc1Br. The number of esters is 2. The average molecular weight is 1390 g/mol. The standard InChI is InChI=1S/C19H16ClNO2.C18H22BNO5.C13H8BrClO.C12H10BrNO3.C6H12BO2/c1-3-17-18(12(2)21-23-17)15-6-4-5-7-16(15)19(22)13-8-10-14(20)11-9-13;1-12-15(19-24-17(2,3)18(4,5)25-19)14(23-20-12)11-22-16(21)13-9-7-6-8-10-13;14-12-4-2-1-3-11(12)13(16)9-5-7-10(15)8-6-9;1-8-11(13)10(17-14-8)7-16-12(15)9-5-3-2-4-6-9;1-5(2)6(3,4)9-7-8-5/h4-11H,3H2,1-2H3;6-10H,11H2,1-5H3;1-8H;2-6H,7H2,1H3;1-4H3. The first kappa shape index (κ1) is 70.2. The fourth-order valence-corrected chi connectivity index (χ4v) is 9.45.